The third-order valence-corrected chi connectivity index (χ3v) is 4.68. The van der Waals surface area contributed by atoms with E-state index >= 15 is 0 Å². The maximum Gasteiger partial charge on any atom is 0.262 e. The standard InChI is InChI=1S/C21H16Cl2N4O2/c1-13-3-2-4-16(9-13)27-25-18-7-6-15(11-19(18)26-27)24-21(28)12-29-20-8-5-14(22)10-17(20)23/h2-11H,12H2,1H3,(H,24,28). The first-order valence-electron chi connectivity index (χ1n) is 8.80. The van der Waals surface area contributed by atoms with Crippen LogP contribution in [0.3, 0.4) is 0 Å². The molecule has 1 N–H and O–H groups in total. The molecule has 1 heterocycles. The molecule has 1 aromatic heterocycles. The first-order chi connectivity index (χ1) is 14.0. The average Bonchev–Trinajstić information content (AvgIpc) is 3.11. The zero-order chi connectivity index (χ0) is 20.4. The topological polar surface area (TPSA) is 69.0 Å². The zero-order valence-corrected chi connectivity index (χ0v) is 16.9. The maximum absolute atomic E-state index is 12.2. The van der Waals surface area contributed by atoms with Gasteiger partial charge in [-0.3, -0.25) is 4.79 Å². The van der Waals surface area contributed by atoms with Gasteiger partial charge in [0.15, 0.2) is 6.61 Å². The molecule has 0 unspecified atom stereocenters. The number of carbonyl (C=O) groups excluding carboxylic acids is 1. The van der Waals surface area contributed by atoms with Gasteiger partial charge in [-0.25, -0.2) is 0 Å². The second-order valence-corrected chi connectivity index (χ2v) is 7.29. The summed E-state index contributed by atoms with van der Waals surface area (Å²) in [6.45, 7) is 1.83. The lowest BCUT2D eigenvalue weighted by molar-refractivity contribution is -0.118. The SMILES string of the molecule is Cc1cccc(-n2nc3ccc(NC(=O)COc4ccc(Cl)cc4Cl)cc3n2)c1. The molecule has 0 aliphatic heterocycles. The number of fused-ring (bicyclic) bond motifs is 1. The Bertz CT molecular complexity index is 1210. The van der Waals surface area contributed by atoms with Crippen molar-refractivity contribution < 1.29 is 9.53 Å². The van der Waals surface area contributed by atoms with Crippen molar-refractivity contribution in [2.75, 3.05) is 11.9 Å². The van der Waals surface area contributed by atoms with Crippen molar-refractivity contribution in [1.82, 2.24) is 15.0 Å². The average molecular weight is 427 g/mol. The van der Waals surface area contributed by atoms with Crippen LogP contribution >= 0.6 is 23.2 Å². The Morgan fingerprint density at radius 2 is 1.86 bits per heavy atom. The van der Waals surface area contributed by atoms with Crippen LogP contribution in [0.5, 0.6) is 5.75 Å². The number of aromatic nitrogens is 3. The Morgan fingerprint density at radius 3 is 2.66 bits per heavy atom. The minimum absolute atomic E-state index is 0.185. The molecule has 0 atom stereocenters. The molecule has 0 spiro atoms. The van der Waals surface area contributed by atoms with E-state index < -0.39 is 0 Å². The number of nitrogens with zero attached hydrogens (tertiary/aromatic N) is 3. The second kappa shape index (κ2) is 8.11. The predicted octanol–water partition coefficient (Wildman–Crippen LogP) is 5.05. The highest BCUT2D eigenvalue weighted by molar-refractivity contribution is 6.35. The summed E-state index contributed by atoms with van der Waals surface area (Å²) in [6.07, 6.45) is 0. The summed E-state index contributed by atoms with van der Waals surface area (Å²) in [7, 11) is 0. The number of benzene rings is 3. The van der Waals surface area contributed by atoms with E-state index in [-0.39, 0.29) is 12.5 Å². The fourth-order valence-corrected chi connectivity index (χ4v) is 3.26. The highest BCUT2D eigenvalue weighted by Crippen LogP contribution is 2.27. The predicted molar refractivity (Wildman–Crippen MR) is 114 cm³/mol. The van der Waals surface area contributed by atoms with Crippen molar-refractivity contribution >= 4 is 45.8 Å². The molecule has 0 bridgehead atoms. The molecular weight excluding hydrogens is 411 g/mol. The number of amides is 1. The molecule has 6 nitrogen and oxygen atoms in total. The van der Waals surface area contributed by atoms with Gasteiger partial charge in [0, 0.05) is 10.7 Å². The van der Waals surface area contributed by atoms with E-state index in [4.69, 9.17) is 27.9 Å². The lowest BCUT2D eigenvalue weighted by Gasteiger charge is -2.09. The normalized spacial score (nSPS) is 10.9. The Morgan fingerprint density at radius 1 is 1.03 bits per heavy atom. The van der Waals surface area contributed by atoms with Crippen LogP contribution in [0.4, 0.5) is 5.69 Å². The first kappa shape index (κ1) is 19.2. The summed E-state index contributed by atoms with van der Waals surface area (Å²) >= 11 is 11.9. The van der Waals surface area contributed by atoms with Crippen molar-refractivity contribution in [3.63, 3.8) is 0 Å². The Balaban J connectivity index is 1.46. The molecule has 8 heteroatoms. The van der Waals surface area contributed by atoms with Gasteiger partial charge < -0.3 is 10.1 Å². The van der Waals surface area contributed by atoms with Crippen LogP contribution < -0.4 is 10.1 Å². The largest absolute Gasteiger partial charge is 0.482 e. The third kappa shape index (κ3) is 4.50. The minimum Gasteiger partial charge on any atom is -0.482 e. The van der Waals surface area contributed by atoms with Crippen molar-refractivity contribution in [2.45, 2.75) is 6.92 Å². The Hall–Kier alpha value is -3.09. The molecule has 0 saturated heterocycles. The summed E-state index contributed by atoms with van der Waals surface area (Å²) < 4.78 is 5.45. The van der Waals surface area contributed by atoms with E-state index in [9.17, 15) is 4.79 Å². The molecule has 29 heavy (non-hydrogen) atoms. The number of halogens is 2. The Labute approximate surface area is 177 Å². The van der Waals surface area contributed by atoms with E-state index in [0.29, 0.717) is 27.0 Å². The van der Waals surface area contributed by atoms with Crippen LogP contribution in [0.1, 0.15) is 5.56 Å². The molecule has 0 fully saturated rings. The van der Waals surface area contributed by atoms with E-state index in [1.165, 1.54) is 0 Å². The molecule has 3 aromatic carbocycles. The zero-order valence-electron chi connectivity index (χ0n) is 15.4. The molecule has 0 aliphatic carbocycles. The molecule has 0 saturated carbocycles. The highest BCUT2D eigenvalue weighted by atomic mass is 35.5. The summed E-state index contributed by atoms with van der Waals surface area (Å²) in [5, 5.41) is 12.6. The van der Waals surface area contributed by atoms with Gasteiger partial charge in [-0.1, -0.05) is 35.3 Å². The van der Waals surface area contributed by atoms with Crippen LogP contribution in [0.15, 0.2) is 60.7 Å². The van der Waals surface area contributed by atoms with Crippen molar-refractivity contribution in [3.8, 4) is 11.4 Å². The quantitative estimate of drug-likeness (QED) is 0.484. The second-order valence-electron chi connectivity index (χ2n) is 6.44. The van der Waals surface area contributed by atoms with Gasteiger partial charge in [-0.05, 0) is 61.0 Å². The first-order valence-corrected chi connectivity index (χ1v) is 9.55. The lowest BCUT2D eigenvalue weighted by Crippen LogP contribution is -2.20. The van der Waals surface area contributed by atoms with Crippen LogP contribution in [0.2, 0.25) is 10.0 Å². The maximum atomic E-state index is 12.2. The van der Waals surface area contributed by atoms with Crippen LogP contribution in [-0.4, -0.2) is 27.5 Å². The van der Waals surface area contributed by atoms with E-state index in [2.05, 4.69) is 15.5 Å². The molecule has 4 rings (SSSR count). The van der Waals surface area contributed by atoms with E-state index in [1.807, 2.05) is 31.2 Å². The fourth-order valence-electron chi connectivity index (χ4n) is 2.79. The lowest BCUT2D eigenvalue weighted by atomic mass is 10.2. The van der Waals surface area contributed by atoms with Crippen LogP contribution in [0.25, 0.3) is 16.7 Å². The van der Waals surface area contributed by atoms with Crippen molar-refractivity contribution in [2.24, 2.45) is 0 Å². The molecule has 4 aromatic rings. The van der Waals surface area contributed by atoms with Crippen molar-refractivity contribution in [3.05, 3.63) is 76.3 Å². The fraction of sp³-hybridized carbons (Fsp3) is 0.0952. The van der Waals surface area contributed by atoms with Gasteiger partial charge in [0.1, 0.15) is 16.8 Å². The van der Waals surface area contributed by atoms with Crippen LogP contribution in [0, 0.1) is 6.92 Å². The highest BCUT2D eigenvalue weighted by Gasteiger charge is 2.10. The van der Waals surface area contributed by atoms with Gasteiger partial charge in [-0.15, -0.1) is 10.2 Å². The van der Waals surface area contributed by atoms with Crippen molar-refractivity contribution in [1.29, 1.82) is 0 Å². The summed E-state index contributed by atoms with van der Waals surface area (Å²) in [5.74, 6) is 0.0733. The molecule has 1 amide bonds. The van der Waals surface area contributed by atoms with Gasteiger partial charge >= 0.3 is 0 Å². The number of hydrogen-bond acceptors (Lipinski definition) is 4. The van der Waals surface area contributed by atoms with E-state index in [1.54, 1.807) is 41.2 Å². The number of hydrogen-bond donors (Lipinski definition) is 1. The summed E-state index contributed by atoms with van der Waals surface area (Å²) in [4.78, 5) is 13.8. The Kier molecular flexibility index (Phi) is 5.38. The number of carbonyl (C=O) groups is 1. The van der Waals surface area contributed by atoms with Gasteiger partial charge in [0.25, 0.3) is 5.91 Å². The van der Waals surface area contributed by atoms with Gasteiger partial charge in [0.2, 0.25) is 0 Å². The molecule has 146 valence electrons. The van der Waals surface area contributed by atoms with Gasteiger partial charge in [0.05, 0.1) is 10.7 Å². The minimum atomic E-state index is -0.318. The number of nitrogens with one attached hydrogen (secondary N) is 1. The molecule has 0 aliphatic rings. The number of aryl methyl sites for hydroxylation is 1. The number of rotatable bonds is 5. The van der Waals surface area contributed by atoms with Gasteiger partial charge in [-0.2, -0.15) is 4.80 Å². The number of anilines is 1. The monoisotopic (exact) mass is 426 g/mol. The summed E-state index contributed by atoms with van der Waals surface area (Å²) in [5.41, 5.74) is 4.00. The number of ether oxygens (including phenoxy) is 1. The smallest absolute Gasteiger partial charge is 0.262 e. The third-order valence-electron chi connectivity index (χ3n) is 4.15. The summed E-state index contributed by atoms with van der Waals surface area (Å²) in [6, 6.07) is 18.1. The molecule has 0 radical (unpaired) electrons. The van der Waals surface area contributed by atoms with E-state index in [0.717, 1.165) is 16.8 Å². The van der Waals surface area contributed by atoms with Crippen LogP contribution in [-0.2, 0) is 4.79 Å². The molecular formula is C21H16Cl2N4O2.